The van der Waals surface area contributed by atoms with E-state index in [4.69, 9.17) is 5.73 Å². The van der Waals surface area contributed by atoms with Crippen molar-refractivity contribution in [3.05, 3.63) is 307 Å². The van der Waals surface area contributed by atoms with Crippen molar-refractivity contribution in [3.63, 3.8) is 0 Å². The van der Waals surface area contributed by atoms with Crippen molar-refractivity contribution in [1.29, 1.82) is 0 Å². The lowest BCUT2D eigenvalue weighted by atomic mass is 9.68. The molecule has 11 rings (SSSR count). The van der Waals surface area contributed by atoms with Crippen LogP contribution in [0.5, 0.6) is 0 Å². The molecule has 2 nitrogen and oxygen atoms in total. The Morgan fingerprint density at radius 3 is 1.73 bits per heavy atom. The fraction of sp³-hybridized carbons (Fsp3) is 0.111. The molecule has 1 atom stereocenters. The second kappa shape index (κ2) is 24.6. The SMILES string of the molecule is C=C/C=C(\C=C/CNc1ccc2c(c1)C(CC1=CC=CCCC1)(c1ccccc1)c1ccccc1-2)c1ccccc1.CC.Nc1cc(-c2ccccc2)ccc1-c1cc(-c2ccccc2)cc(-c2ccccc2)c1. The molecule has 364 valence electrons. The fourth-order valence-corrected chi connectivity index (χ4v) is 10.5. The first-order valence-corrected chi connectivity index (χ1v) is 26.2. The highest BCUT2D eigenvalue weighted by molar-refractivity contribution is 5.88. The molecule has 2 heteroatoms. The van der Waals surface area contributed by atoms with Gasteiger partial charge in [-0.1, -0.05) is 263 Å². The van der Waals surface area contributed by atoms with Crippen molar-refractivity contribution in [2.75, 3.05) is 17.6 Å². The number of nitrogens with one attached hydrogen (secondary N) is 1. The van der Waals surface area contributed by atoms with E-state index < -0.39 is 0 Å². The Hall–Kier alpha value is -8.72. The number of benzene rings is 9. The molecule has 3 N–H and O–H groups in total. The average Bonchev–Trinajstić information content (AvgIpc) is 3.57. The molecule has 1 unspecified atom stereocenters. The Morgan fingerprint density at radius 2 is 1.09 bits per heavy atom. The van der Waals surface area contributed by atoms with E-state index in [-0.39, 0.29) is 5.41 Å². The van der Waals surface area contributed by atoms with Gasteiger partial charge in [0.05, 0.1) is 5.41 Å². The van der Waals surface area contributed by atoms with E-state index in [9.17, 15) is 0 Å². The molecular formula is C72H66N2. The minimum Gasteiger partial charge on any atom is -0.398 e. The molecule has 0 aromatic heterocycles. The van der Waals surface area contributed by atoms with Crippen molar-refractivity contribution in [1.82, 2.24) is 0 Å². The number of nitrogens with two attached hydrogens (primary N) is 1. The van der Waals surface area contributed by atoms with Gasteiger partial charge in [-0.3, -0.25) is 0 Å². The number of allylic oxidation sites excluding steroid dienone is 8. The van der Waals surface area contributed by atoms with Crippen LogP contribution in [-0.2, 0) is 5.41 Å². The summed E-state index contributed by atoms with van der Waals surface area (Å²) >= 11 is 0. The maximum atomic E-state index is 6.57. The third-order valence-electron chi connectivity index (χ3n) is 14.0. The minimum atomic E-state index is -0.224. The van der Waals surface area contributed by atoms with E-state index in [1.54, 1.807) is 0 Å². The molecule has 74 heavy (non-hydrogen) atoms. The number of hydrogen-bond acceptors (Lipinski definition) is 2. The van der Waals surface area contributed by atoms with Gasteiger partial charge in [0.25, 0.3) is 0 Å². The summed E-state index contributed by atoms with van der Waals surface area (Å²) in [6.07, 6.45) is 19.7. The molecule has 0 heterocycles. The van der Waals surface area contributed by atoms with E-state index in [0.29, 0.717) is 0 Å². The van der Waals surface area contributed by atoms with Crippen LogP contribution in [0.2, 0.25) is 0 Å². The molecule has 2 aliphatic carbocycles. The van der Waals surface area contributed by atoms with Gasteiger partial charge in [-0.15, -0.1) is 0 Å². The van der Waals surface area contributed by atoms with E-state index in [2.05, 4.69) is 255 Å². The lowest BCUT2D eigenvalue weighted by Crippen LogP contribution is -2.28. The van der Waals surface area contributed by atoms with Crippen LogP contribution in [0.4, 0.5) is 11.4 Å². The van der Waals surface area contributed by atoms with Gasteiger partial charge < -0.3 is 11.1 Å². The van der Waals surface area contributed by atoms with Crippen LogP contribution >= 0.6 is 0 Å². The average molecular weight is 959 g/mol. The number of hydrogen-bond donors (Lipinski definition) is 2. The summed E-state index contributed by atoms with van der Waals surface area (Å²) in [6, 6.07) is 82.0. The number of anilines is 2. The largest absolute Gasteiger partial charge is 0.398 e. The lowest BCUT2D eigenvalue weighted by Gasteiger charge is -2.34. The molecule has 0 radical (unpaired) electrons. The molecule has 0 fully saturated rings. The predicted octanol–water partition coefficient (Wildman–Crippen LogP) is 19.3. The molecular weight excluding hydrogens is 893 g/mol. The van der Waals surface area contributed by atoms with Gasteiger partial charge >= 0.3 is 0 Å². The summed E-state index contributed by atoms with van der Waals surface area (Å²) in [7, 11) is 0. The lowest BCUT2D eigenvalue weighted by molar-refractivity contribution is 0.604. The highest BCUT2D eigenvalue weighted by Crippen LogP contribution is 2.56. The zero-order valence-corrected chi connectivity index (χ0v) is 42.8. The monoisotopic (exact) mass is 959 g/mol. The minimum absolute atomic E-state index is 0.224. The number of fused-ring (bicyclic) bond motifs is 3. The fourth-order valence-electron chi connectivity index (χ4n) is 10.5. The van der Waals surface area contributed by atoms with Crippen molar-refractivity contribution < 1.29 is 0 Å². The Bertz CT molecular complexity index is 3340. The number of rotatable bonds is 13. The van der Waals surface area contributed by atoms with Crippen LogP contribution in [0, 0.1) is 0 Å². The highest BCUT2D eigenvalue weighted by Gasteiger charge is 2.45. The highest BCUT2D eigenvalue weighted by atomic mass is 14.9. The smallest absolute Gasteiger partial charge is 0.0501 e. The Balaban J connectivity index is 0.000000182. The first kappa shape index (κ1) is 50.2. The van der Waals surface area contributed by atoms with E-state index in [1.807, 2.05) is 44.2 Å². The van der Waals surface area contributed by atoms with Crippen molar-refractivity contribution in [2.24, 2.45) is 0 Å². The molecule has 0 aliphatic heterocycles. The summed E-state index contributed by atoms with van der Waals surface area (Å²) < 4.78 is 0. The van der Waals surface area contributed by atoms with Crippen LogP contribution in [0.25, 0.3) is 61.2 Å². The van der Waals surface area contributed by atoms with Crippen LogP contribution in [0.1, 0.15) is 61.8 Å². The van der Waals surface area contributed by atoms with Crippen molar-refractivity contribution in [3.8, 4) is 55.6 Å². The Morgan fingerprint density at radius 1 is 0.541 bits per heavy atom. The summed E-state index contributed by atoms with van der Waals surface area (Å²) in [5.41, 5.74) is 28.2. The Labute approximate surface area is 440 Å². The van der Waals surface area contributed by atoms with Crippen molar-refractivity contribution in [2.45, 2.75) is 44.9 Å². The summed E-state index contributed by atoms with van der Waals surface area (Å²) in [5, 5.41) is 3.69. The third kappa shape index (κ3) is 11.5. The maximum Gasteiger partial charge on any atom is 0.0501 e. The van der Waals surface area contributed by atoms with E-state index >= 15 is 0 Å². The van der Waals surface area contributed by atoms with Gasteiger partial charge in [-0.25, -0.2) is 0 Å². The van der Waals surface area contributed by atoms with Gasteiger partial charge in [0.1, 0.15) is 0 Å². The van der Waals surface area contributed by atoms with Gasteiger partial charge in [0, 0.05) is 23.5 Å². The number of nitrogen functional groups attached to an aromatic ring is 1. The van der Waals surface area contributed by atoms with Crippen LogP contribution < -0.4 is 11.1 Å². The van der Waals surface area contributed by atoms with Crippen LogP contribution in [-0.4, -0.2) is 6.54 Å². The standard InChI is InChI=1S/C40H37N.C30H23N.C2H6/c1-2-16-32(33-19-9-5-10-20-33)21-15-28-41-35-26-27-37-36-24-13-14-25-38(36)40(39(37)29-35,34-22-11-6-12-23-34)30-31-17-7-3-4-8-18-31;31-30-21-25(22-10-4-1-5-11-22)16-17-29(30)28-19-26(23-12-6-2-7-13-23)18-27(20-28)24-14-8-3-9-15-24;1-2/h2-3,5-7,9-17,19-27,29,41H,1,4,8,18,28,30H2;1-21H,31H2;1-2H3/b21-15-,32-16+;;. The van der Waals surface area contributed by atoms with Crippen molar-refractivity contribution >= 4 is 16.9 Å². The predicted molar refractivity (Wildman–Crippen MR) is 320 cm³/mol. The van der Waals surface area contributed by atoms with Crippen LogP contribution in [0.15, 0.2) is 285 Å². The first-order valence-electron chi connectivity index (χ1n) is 26.2. The second-order valence-corrected chi connectivity index (χ2v) is 18.6. The zero-order chi connectivity index (χ0) is 51.0. The molecule has 2 aliphatic rings. The molecule has 0 amide bonds. The van der Waals surface area contributed by atoms with Gasteiger partial charge in [-0.2, -0.15) is 0 Å². The molecule has 9 aromatic rings. The topological polar surface area (TPSA) is 38.0 Å². The van der Waals surface area contributed by atoms with Gasteiger partial charge in [0.15, 0.2) is 0 Å². The Kier molecular flexibility index (Phi) is 16.7. The quantitative estimate of drug-likeness (QED) is 0.0893. The second-order valence-electron chi connectivity index (χ2n) is 18.6. The summed E-state index contributed by atoms with van der Waals surface area (Å²) in [6.45, 7) is 8.64. The summed E-state index contributed by atoms with van der Waals surface area (Å²) in [5.74, 6) is 0. The van der Waals surface area contributed by atoms with Gasteiger partial charge in [-0.05, 0) is 140 Å². The third-order valence-corrected chi connectivity index (χ3v) is 14.0. The molecule has 0 saturated carbocycles. The maximum absolute atomic E-state index is 6.57. The van der Waals surface area contributed by atoms with E-state index in [1.165, 1.54) is 73.2 Å². The van der Waals surface area contributed by atoms with Crippen LogP contribution in [0.3, 0.4) is 0 Å². The summed E-state index contributed by atoms with van der Waals surface area (Å²) in [4.78, 5) is 0. The molecule has 9 aromatic carbocycles. The molecule has 0 spiro atoms. The molecule has 0 bridgehead atoms. The molecule has 0 saturated heterocycles. The first-order chi connectivity index (χ1) is 36.6. The van der Waals surface area contributed by atoms with Gasteiger partial charge in [0.2, 0.25) is 0 Å². The normalized spacial score (nSPS) is 14.5. The zero-order valence-electron chi connectivity index (χ0n) is 42.8. The van der Waals surface area contributed by atoms with E-state index in [0.717, 1.165) is 59.4 Å².